The molecule has 1 amide bonds. The van der Waals surface area contributed by atoms with E-state index in [2.05, 4.69) is 27.7 Å². The fraction of sp³-hybridized carbons (Fsp3) is 0.923. The summed E-state index contributed by atoms with van der Waals surface area (Å²) in [6, 6.07) is 0. The summed E-state index contributed by atoms with van der Waals surface area (Å²) in [7, 11) is 1.86. The molecule has 0 aliphatic carbocycles. The average Bonchev–Trinajstić information content (AvgIpc) is 2.23. The van der Waals surface area contributed by atoms with E-state index in [0.717, 1.165) is 12.3 Å². The Hall–Kier alpha value is -0.220. The summed E-state index contributed by atoms with van der Waals surface area (Å²) in [5.74, 6) is 2.58. The van der Waals surface area contributed by atoms with Crippen molar-refractivity contribution in [2.45, 2.75) is 34.1 Å². The highest BCUT2D eigenvalue weighted by atomic mass is 32.2. The van der Waals surface area contributed by atoms with Gasteiger partial charge in [-0.1, -0.05) is 27.7 Å². The third-order valence-corrected chi connectivity index (χ3v) is 3.68. The van der Waals surface area contributed by atoms with Crippen molar-refractivity contribution in [3.8, 4) is 0 Å². The van der Waals surface area contributed by atoms with Gasteiger partial charge in [-0.3, -0.25) is 4.79 Å². The second-order valence-electron chi connectivity index (χ2n) is 5.85. The third kappa shape index (κ3) is 8.50. The molecule has 0 bridgehead atoms. The number of hydrogen-bond donors (Lipinski definition) is 1. The molecule has 0 aliphatic heterocycles. The highest BCUT2D eigenvalue weighted by Gasteiger charge is 2.20. The van der Waals surface area contributed by atoms with Crippen LogP contribution < -0.4 is 5.73 Å². The fourth-order valence-electron chi connectivity index (χ4n) is 1.38. The van der Waals surface area contributed by atoms with E-state index in [0.29, 0.717) is 18.2 Å². The Labute approximate surface area is 111 Å². The molecule has 0 aromatic carbocycles. The minimum absolute atomic E-state index is 0.00695. The van der Waals surface area contributed by atoms with Crippen LogP contribution >= 0.6 is 11.8 Å². The van der Waals surface area contributed by atoms with Gasteiger partial charge in [0.15, 0.2) is 0 Å². The zero-order valence-corrected chi connectivity index (χ0v) is 12.8. The monoisotopic (exact) mass is 260 g/mol. The van der Waals surface area contributed by atoms with Crippen LogP contribution in [0.25, 0.3) is 0 Å². The Morgan fingerprint density at radius 2 is 2.00 bits per heavy atom. The number of carbonyl (C=O) groups is 1. The quantitative estimate of drug-likeness (QED) is 0.681. The van der Waals surface area contributed by atoms with Gasteiger partial charge in [-0.25, -0.2) is 0 Å². The van der Waals surface area contributed by atoms with Crippen LogP contribution in [0.1, 0.15) is 34.1 Å². The van der Waals surface area contributed by atoms with Gasteiger partial charge in [-0.15, -0.1) is 0 Å². The van der Waals surface area contributed by atoms with E-state index in [1.54, 1.807) is 16.7 Å². The van der Waals surface area contributed by atoms with Crippen molar-refractivity contribution in [2.75, 3.05) is 31.6 Å². The van der Waals surface area contributed by atoms with Crippen LogP contribution in [0.5, 0.6) is 0 Å². The van der Waals surface area contributed by atoms with Crippen molar-refractivity contribution in [3.63, 3.8) is 0 Å². The van der Waals surface area contributed by atoms with Crippen LogP contribution in [0.3, 0.4) is 0 Å². The summed E-state index contributed by atoms with van der Waals surface area (Å²) in [6.45, 7) is 9.92. The van der Waals surface area contributed by atoms with Crippen molar-refractivity contribution in [1.82, 2.24) is 4.90 Å². The van der Waals surface area contributed by atoms with E-state index in [1.165, 1.54) is 6.42 Å². The fourth-order valence-corrected chi connectivity index (χ4v) is 2.56. The Morgan fingerprint density at radius 1 is 1.41 bits per heavy atom. The van der Waals surface area contributed by atoms with Crippen molar-refractivity contribution in [1.29, 1.82) is 0 Å². The molecule has 3 nitrogen and oxygen atoms in total. The van der Waals surface area contributed by atoms with Crippen LogP contribution in [0.15, 0.2) is 0 Å². The van der Waals surface area contributed by atoms with E-state index < -0.39 is 0 Å². The first-order valence-corrected chi connectivity index (χ1v) is 7.46. The topological polar surface area (TPSA) is 46.3 Å². The maximum absolute atomic E-state index is 11.8. The molecular weight excluding hydrogens is 232 g/mol. The van der Waals surface area contributed by atoms with E-state index >= 15 is 0 Å². The maximum atomic E-state index is 11.8. The molecule has 102 valence electrons. The molecule has 4 heteroatoms. The number of thioether (sulfide) groups is 1. The first kappa shape index (κ1) is 16.8. The molecule has 17 heavy (non-hydrogen) atoms. The number of amides is 1. The number of hydrogen-bond acceptors (Lipinski definition) is 3. The minimum Gasteiger partial charge on any atom is -0.344 e. The van der Waals surface area contributed by atoms with Gasteiger partial charge in [0.05, 0.1) is 5.75 Å². The van der Waals surface area contributed by atoms with Gasteiger partial charge in [-0.05, 0) is 30.1 Å². The largest absolute Gasteiger partial charge is 0.344 e. The molecule has 0 rings (SSSR count). The van der Waals surface area contributed by atoms with Crippen molar-refractivity contribution in [2.24, 2.45) is 17.1 Å². The van der Waals surface area contributed by atoms with E-state index in [1.807, 2.05) is 7.05 Å². The summed E-state index contributed by atoms with van der Waals surface area (Å²) in [6.07, 6.45) is 1.18. The minimum atomic E-state index is 0.00695. The normalized spacial score (nSPS) is 11.9. The lowest BCUT2D eigenvalue weighted by molar-refractivity contribution is -0.128. The summed E-state index contributed by atoms with van der Waals surface area (Å²) < 4.78 is 0. The summed E-state index contributed by atoms with van der Waals surface area (Å²) in [5, 5.41) is 0. The number of nitrogens with zero attached hydrogens (tertiary/aromatic N) is 1. The predicted octanol–water partition coefficient (Wildman–Crippen LogP) is 2.21. The highest BCUT2D eigenvalue weighted by Crippen LogP contribution is 2.15. The molecule has 2 N–H and O–H groups in total. The molecule has 0 aliphatic rings. The van der Waals surface area contributed by atoms with Crippen molar-refractivity contribution in [3.05, 3.63) is 0 Å². The Bertz CT molecular complexity index is 229. The van der Waals surface area contributed by atoms with Gasteiger partial charge in [0.25, 0.3) is 0 Å². The zero-order chi connectivity index (χ0) is 13.5. The molecule has 0 saturated carbocycles. The van der Waals surface area contributed by atoms with Crippen LogP contribution in [0.4, 0.5) is 0 Å². The van der Waals surface area contributed by atoms with Gasteiger partial charge in [0.1, 0.15) is 0 Å². The standard InChI is InChI=1S/C13H28N2OS/c1-11(2)6-7-17-8-12(16)15(5)10-13(3,4)9-14/h11H,6-10,14H2,1-5H3. The van der Waals surface area contributed by atoms with E-state index in [4.69, 9.17) is 5.73 Å². The lowest BCUT2D eigenvalue weighted by Gasteiger charge is -2.29. The van der Waals surface area contributed by atoms with Crippen LogP contribution in [0.2, 0.25) is 0 Å². The molecule has 0 spiro atoms. The Balaban J connectivity index is 3.83. The van der Waals surface area contributed by atoms with Crippen LogP contribution in [0, 0.1) is 11.3 Å². The van der Waals surface area contributed by atoms with E-state index in [-0.39, 0.29) is 11.3 Å². The van der Waals surface area contributed by atoms with Crippen LogP contribution in [-0.2, 0) is 4.79 Å². The second-order valence-corrected chi connectivity index (χ2v) is 6.96. The van der Waals surface area contributed by atoms with Gasteiger partial charge in [0, 0.05) is 13.6 Å². The molecule has 0 atom stereocenters. The molecule has 0 unspecified atom stereocenters. The van der Waals surface area contributed by atoms with Crippen LogP contribution in [-0.4, -0.2) is 42.4 Å². The van der Waals surface area contributed by atoms with Gasteiger partial charge in [-0.2, -0.15) is 11.8 Å². The Kier molecular flexibility index (Phi) is 7.88. The van der Waals surface area contributed by atoms with Crippen molar-refractivity contribution >= 4 is 17.7 Å². The highest BCUT2D eigenvalue weighted by molar-refractivity contribution is 7.99. The smallest absolute Gasteiger partial charge is 0.232 e. The summed E-state index contributed by atoms with van der Waals surface area (Å²) >= 11 is 1.73. The average molecular weight is 260 g/mol. The molecule has 0 aromatic heterocycles. The van der Waals surface area contributed by atoms with Gasteiger partial charge < -0.3 is 10.6 Å². The molecule has 0 heterocycles. The number of rotatable bonds is 8. The summed E-state index contributed by atoms with van der Waals surface area (Å²) in [5.41, 5.74) is 5.67. The second kappa shape index (κ2) is 7.98. The lowest BCUT2D eigenvalue weighted by atomic mass is 9.93. The predicted molar refractivity (Wildman–Crippen MR) is 77.3 cm³/mol. The lowest BCUT2D eigenvalue weighted by Crippen LogP contribution is -2.40. The molecular formula is C13H28N2OS. The summed E-state index contributed by atoms with van der Waals surface area (Å²) in [4.78, 5) is 13.6. The van der Waals surface area contributed by atoms with Gasteiger partial charge in [0.2, 0.25) is 5.91 Å². The number of carbonyl (C=O) groups excluding carboxylic acids is 1. The SMILES string of the molecule is CC(C)CCSCC(=O)N(C)CC(C)(C)CN. The molecule has 0 radical (unpaired) electrons. The molecule has 0 saturated heterocycles. The zero-order valence-electron chi connectivity index (χ0n) is 12.0. The molecule has 0 aromatic rings. The van der Waals surface area contributed by atoms with Crippen molar-refractivity contribution < 1.29 is 4.79 Å². The first-order chi connectivity index (χ1) is 7.78. The third-order valence-electron chi connectivity index (χ3n) is 2.71. The Morgan fingerprint density at radius 3 is 2.47 bits per heavy atom. The molecule has 0 fully saturated rings. The maximum Gasteiger partial charge on any atom is 0.232 e. The van der Waals surface area contributed by atoms with Gasteiger partial charge >= 0.3 is 0 Å². The first-order valence-electron chi connectivity index (χ1n) is 6.30. The van der Waals surface area contributed by atoms with E-state index in [9.17, 15) is 4.79 Å². The number of nitrogens with two attached hydrogens (primary N) is 1.